The summed E-state index contributed by atoms with van der Waals surface area (Å²) in [4.78, 5) is 4.37. The number of aromatic amines is 1. The Kier molecular flexibility index (Phi) is 4.07. The van der Waals surface area contributed by atoms with E-state index in [9.17, 15) is 5.11 Å². The first kappa shape index (κ1) is 13.5. The van der Waals surface area contributed by atoms with Crippen LogP contribution in [-0.2, 0) is 5.75 Å². The van der Waals surface area contributed by atoms with Gasteiger partial charge in [-0.2, -0.15) is 4.98 Å². The van der Waals surface area contributed by atoms with E-state index in [0.29, 0.717) is 5.95 Å². The third kappa shape index (κ3) is 3.76. The third-order valence-electron chi connectivity index (χ3n) is 2.81. The molecule has 2 aromatic carbocycles. The predicted molar refractivity (Wildman–Crippen MR) is 83.8 cm³/mol. The number of phenolic OH excluding ortho intramolecular Hbond substituents is 1. The van der Waals surface area contributed by atoms with Gasteiger partial charge in [-0.1, -0.05) is 42.1 Å². The monoisotopic (exact) mass is 298 g/mol. The van der Waals surface area contributed by atoms with Gasteiger partial charge in [0.05, 0.1) is 0 Å². The predicted octanol–water partition coefficient (Wildman–Crippen LogP) is 3.55. The van der Waals surface area contributed by atoms with Gasteiger partial charge in [0.1, 0.15) is 5.75 Å². The van der Waals surface area contributed by atoms with Gasteiger partial charge in [0.2, 0.25) is 5.95 Å². The summed E-state index contributed by atoms with van der Waals surface area (Å²) >= 11 is 1.60. The van der Waals surface area contributed by atoms with Gasteiger partial charge in [0.15, 0.2) is 5.16 Å². The molecule has 0 radical (unpaired) electrons. The fraction of sp³-hybridized carbons (Fsp3) is 0.0667. The molecule has 1 heterocycles. The average molecular weight is 298 g/mol. The molecule has 0 amide bonds. The van der Waals surface area contributed by atoms with E-state index in [1.165, 1.54) is 5.56 Å². The number of nitrogens with one attached hydrogen (secondary N) is 2. The van der Waals surface area contributed by atoms with Crippen molar-refractivity contribution in [1.82, 2.24) is 15.2 Å². The number of nitrogens with zero attached hydrogens (tertiary/aromatic N) is 2. The Bertz CT molecular complexity index is 697. The van der Waals surface area contributed by atoms with Gasteiger partial charge < -0.3 is 10.4 Å². The Morgan fingerprint density at radius 3 is 2.57 bits per heavy atom. The van der Waals surface area contributed by atoms with Crippen molar-refractivity contribution >= 4 is 23.4 Å². The Morgan fingerprint density at radius 1 is 1.05 bits per heavy atom. The number of rotatable bonds is 5. The Labute approximate surface area is 126 Å². The van der Waals surface area contributed by atoms with Crippen LogP contribution in [0.5, 0.6) is 5.75 Å². The highest BCUT2D eigenvalue weighted by Gasteiger charge is 2.04. The summed E-state index contributed by atoms with van der Waals surface area (Å²) in [7, 11) is 0. The van der Waals surface area contributed by atoms with Crippen molar-refractivity contribution in [3.8, 4) is 5.75 Å². The van der Waals surface area contributed by atoms with Crippen molar-refractivity contribution in [3.05, 3.63) is 60.2 Å². The molecular weight excluding hydrogens is 284 g/mol. The highest BCUT2D eigenvalue weighted by atomic mass is 32.2. The maximum atomic E-state index is 9.24. The molecule has 0 unspecified atom stereocenters. The number of aromatic hydroxyl groups is 1. The average Bonchev–Trinajstić information content (AvgIpc) is 2.96. The van der Waals surface area contributed by atoms with Crippen LogP contribution in [0.25, 0.3) is 0 Å². The van der Waals surface area contributed by atoms with Crippen molar-refractivity contribution in [2.75, 3.05) is 5.32 Å². The van der Waals surface area contributed by atoms with Crippen LogP contribution >= 0.6 is 11.8 Å². The first-order valence-corrected chi connectivity index (χ1v) is 7.43. The second-order valence-corrected chi connectivity index (χ2v) is 5.37. The van der Waals surface area contributed by atoms with Crippen LogP contribution in [0, 0.1) is 0 Å². The minimum absolute atomic E-state index is 0.231. The Morgan fingerprint density at radius 2 is 1.81 bits per heavy atom. The summed E-state index contributed by atoms with van der Waals surface area (Å²) in [5, 5.41) is 20.1. The van der Waals surface area contributed by atoms with E-state index in [-0.39, 0.29) is 5.75 Å². The van der Waals surface area contributed by atoms with Gasteiger partial charge in [0.25, 0.3) is 0 Å². The van der Waals surface area contributed by atoms with Crippen LogP contribution in [-0.4, -0.2) is 20.3 Å². The molecule has 0 aliphatic carbocycles. The van der Waals surface area contributed by atoms with Crippen LogP contribution < -0.4 is 5.32 Å². The zero-order valence-corrected chi connectivity index (χ0v) is 12.0. The number of hydrogen-bond donors (Lipinski definition) is 3. The number of phenols is 1. The molecule has 21 heavy (non-hydrogen) atoms. The number of hydrogen-bond acceptors (Lipinski definition) is 5. The molecule has 0 atom stereocenters. The van der Waals surface area contributed by atoms with Crippen molar-refractivity contribution in [2.24, 2.45) is 0 Å². The maximum absolute atomic E-state index is 9.24. The van der Waals surface area contributed by atoms with E-state index in [1.54, 1.807) is 36.0 Å². The molecule has 1 aromatic heterocycles. The van der Waals surface area contributed by atoms with Crippen molar-refractivity contribution in [1.29, 1.82) is 0 Å². The van der Waals surface area contributed by atoms with Gasteiger partial charge in [0, 0.05) is 11.4 Å². The Hall–Kier alpha value is -2.47. The normalized spacial score (nSPS) is 10.5. The zero-order chi connectivity index (χ0) is 14.5. The first-order chi connectivity index (χ1) is 10.3. The third-order valence-corrected chi connectivity index (χ3v) is 3.74. The first-order valence-electron chi connectivity index (χ1n) is 6.45. The molecule has 0 bridgehead atoms. The van der Waals surface area contributed by atoms with E-state index in [1.807, 2.05) is 18.2 Å². The largest absolute Gasteiger partial charge is 0.508 e. The topological polar surface area (TPSA) is 73.8 Å². The molecule has 0 aliphatic heterocycles. The minimum Gasteiger partial charge on any atom is -0.508 e. The smallest absolute Gasteiger partial charge is 0.247 e. The lowest BCUT2D eigenvalue weighted by molar-refractivity contribution is 0.475. The van der Waals surface area contributed by atoms with Gasteiger partial charge in [-0.25, -0.2) is 0 Å². The van der Waals surface area contributed by atoms with E-state index < -0.39 is 0 Å². The molecule has 5 nitrogen and oxygen atoms in total. The number of benzene rings is 2. The summed E-state index contributed by atoms with van der Waals surface area (Å²) in [5.41, 5.74) is 2.07. The molecule has 3 aromatic rings. The fourth-order valence-electron chi connectivity index (χ4n) is 1.77. The molecule has 0 saturated heterocycles. The maximum Gasteiger partial charge on any atom is 0.247 e. The number of H-pyrrole nitrogens is 1. The van der Waals surface area contributed by atoms with E-state index in [2.05, 4.69) is 32.6 Å². The second kappa shape index (κ2) is 6.32. The van der Waals surface area contributed by atoms with Crippen molar-refractivity contribution in [2.45, 2.75) is 10.9 Å². The van der Waals surface area contributed by atoms with Crippen LogP contribution in [0.3, 0.4) is 0 Å². The number of aromatic nitrogens is 3. The summed E-state index contributed by atoms with van der Waals surface area (Å²) in [6.07, 6.45) is 0. The standard InChI is InChI=1S/C15H14N4OS/c20-13-8-6-12(7-9-13)16-14-17-15(19-18-14)21-10-11-4-2-1-3-5-11/h1-9,20H,10H2,(H2,16,17,18,19). The summed E-state index contributed by atoms with van der Waals surface area (Å²) in [6, 6.07) is 17.0. The van der Waals surface area contributed by atoms with E-state index >= 15 is 0 Å². The highest BCUT2D eigenvalue weighted by molar-refractivity contribution is 7.98. The molecular formula is C15H14N4OS. The molecule has 3 rings (SSSR count). The molecule has 0 fully saturated rings. The summed E-state index contributed by atoms with van der Waals surface area (Å²) in [5.74, 6) is 1.58. The highest BCUT2D eigenvalue weighted by Crippen LogP contribution is 2.21. The molecule has 3 N–H and O–H groups in total. The zero-order valence-electron chi connectivity index (χ0n) is 11.2. The molecule has 0 aliphatic rings. The lowest BCUT2D eigenvalue weighted by Gasteiger charge is -2.00. The quantitative estimate of drug-likeness (QED) is 0.496. The molecule has 0 saturated carbocycles. The van der Waals surface area contributed by atoms with Crippen LogP contribution in [0.1, 0.15) is 5.56 Å². The van der Waals surface area contributed by atoms with Crippen LogP contribution in [0.15, 0.2) is 59.8 Å². The van der Waals surface area contributed by atoms with Gasteiger partial charge >= 0.3 is 0 Å². The summed E-state index contributed by atoms with van der Waals surface area (Å²) in [6.45, 7) is 0. The summed E-state index contributed by atoms with van der Waals surface area (Å²) < 4.78 is 0. The fourth-order valence-corrected chi connectivity index (χ4v) is 2.52. The van der Waals surface area contributed by atoms with Gasteiger partial charge in [-0.15, -0.1) is 5.10 Å². The van der Waals surface area contributed by atoms with Gasteiger partial charge in [-0.05, 0) is 29.8 Å². The Balaban J connectivity index is 1.59. The van der Waals surface area contributed by atoms with Crippen molar-refractivity contribution < 1.29 is 5.11 Å². The molecule has 6 heteroatoms. The number of anilines is 2. The van der Waals surface area contributed by atoms with Gasteiger partial charge in [-0.3, -0.25) is 5.10 Å². The number of thioether (sulfide) groups is 1. The SMILES string of the molecule is Oc1ccc(Nc2n[nH]c(SCc3ccccc3)n2)cc1. The van der Waals surface area contributed by atoms with Crippen LogP contribution in [0.2, 0.25) is 0 Å². The molecule has 106 valence electrons. The molecule has 0 spiro atoms. The lowest BCUT2D eigenvalue weighted by atomic mass is 10.2. The minimum atomic E-state index is 0.231. The van der Waals surface area contributed by atoms with E-state index in [0.717, 1.165) is 16.6 Å². The lowest BCUT2D eigenvalue weighted by Crippen LogP contribution is -1.91. The van der Waals surface area contributed by atoms with Crippen molar-refractivity contribution in [3.63, 3.8) is 0 Å². The van der Waals surface area contributed by atoms with Crippen LogP contribution in [0.4, 0.5) is 11.6 Å². The van der Waals surface area contributed by atoms with E-state index in [4.69, 9.17) is 0 Å². The second-order valence-electron chi connectivity index (χ2n) is 4.41.